The van der Waals surface area contributed by atoms with Crippen LogP contribution in [0.4, 0.5) is 0 Å². The highest BCUT2D eigenvalue weighted by atomic mass is 14.3. The van der Waals surface area contributed by atoms with Crippen LogP contribution in [0.15, 0.2) is 54.1 Å². The molecule has 0 nitrogen and oxygen atoms in total. The van der Waals surface area contributed by atoms with Gasteiger partial charge in [0, 0.05) is 5.92 Å². The van der Waals surface area contributed by atoms with Gasteiger partial charge in [-0.3, -0.25) is 0 Å². The van der Waals surface area contributed by atoms with Crippen molar-refractivity contribution in [1.29, 1.82) is 0 Å². The SMILES string of the molecule is C1=C(C2CCc3ccccc32)Cc2ccccc21. The molecular weight excluding hydrogens is 216 g/mol. The number of hydrogen-bond acceptors (Lipinski definition) is 0. The minimum Gasteiger partial charge on any atom is -0.0620 e. The average Bonchev–Trinajstić information content (AvgIpc) is 3.02. The van der Waals surface area contributed by atoms with Gasteiger partial charge in [0.05, 0.1) is 0 Å². The van der Waals surface area contributed by atoms with Gasteiger partial charge in [-0.1, -0.05) is 60.2 Å². The summed E-state index contributed by atoms with van der Waals surface area (Å²) in [5, 5.41) is 0. The molecule has 1 atom stereocenters. The van der Waals surface area contributed by atoms with Crippen LogP contribution in [0.2, 0.25) is 0 Å². The van der Waals surface area contributed by atoms with E-state index in [9.17, 15) is 0 Å². The summed E-state index contributed by atoms with van der Waals surface area (Å²) in [5.41, 5.74) is 7.66. The van der Waals surface area contributed by atoms with E-state index in [0.29, 0.717) is 5.92 Å². The molecule has 0 radical (unpaired) electrons. The summed E-state index contributed by atoms with van der Waals surface area (Å²) in [7, 11) is 0. The molecule has 2 aromatic carbocycles. The summed E-state index contributed by atoms with van der Waals surface area (Å²) in [6.45, 7) is 0. The number of aryl methyl sites for hydroxylation is 1. The lowest BCUT2D eigenvalue weighted by Crippen LogP contribution is -1.98. The van der Waals surface area contributed by atoms with Crippen molar-refractivity contribution < 1.29 is 0 Å². The highest BCUT2D eigenvalue weighted by Gasteiger charge is 2.27. The molecule has 0 aromatic heterocycles. The molecule has 88 valence electrons. The van der Waals surface area contributed by atoms with Crippen LogP contribution in [0.1, 0.15) is 34.6 Å². The van der Waals surface area contributed by atoms with Gasteiger partial charge in [-0.25, -0.2) is 0 Å². The molecule has 0 heterocycles. The van der Waals surface area contributed by atoms with Gasteiger partial charge in [-0.2, -0.15) is 0 Å². The maximum atomic E-state index is 2.42. The Labute approximate surface area is 108 Å². The van der Waals surface area contributed by atoms with E-state index in [2.05, 4.69) is 54.6 Å². The zero-order valence-electron chi connectivity index (χ0n) is 10.4. The number of benzene rings is 2. The zero-order valence-corrected chi connectivity index (χ0v) is 10.4. The van der Waals surface area contributed by atoms with Crippen molar-refractivity contribution in [2.75, 3.05) is 0 Å². The number of rotatable bonds is 1. The Morgan fingerprint density at radius 2 is 1.61 bits per heavy atom. The Balaban J connectivity index is 1.72. The Kier molecular flexibility index (Phi) is 2.16. The molecule has 0 heteroatoms. The van der Waals surface area contributed by atoms with E-state index >= 15 is 0 Å². The van der Waals surface area contributed by atoms with Crippen LogP contribution < -0.4 is 0 Å². The first-order valence-electron chi connectivity index (χ1n) is 6.78. The van der Waals surface area contributed by atoms with Crippen molar-refractivity contribution in [2.45, 2.75) is 25.2 Å². The van der Waals surface area contributed by atoms with Crippen molar-refractivity contribution in [3.63, 3.8) is 0 Å². The van der Waals surface area contributed by atoms with E-state index in [1.54, 1.807) is 16.7 Å². The van der Waals surface area contributed by atoms with Crippen LogP contribution in [-0.4, -0.2) is 0 Å². The third-order valence-electron chi connectivity index (χ3n) is 4.37. The monoisotopic (exact) mass is 232 g/mol. The van der Waals surface area contributed by atoms with E-state index in [4.69, 9.17) is 0 Å². The first-order valence-corrected chi connectivity index (χ1v) is 6.78. The van der Waals surface area contributed by atoms with Gasteiger partial charge in [0.2, 0.25) is 0 Å². The van der Waals surface area contributed by atoms with E-state index in [1.165, 1.54) is 24.0 Å². The normalized spacial score (nSPS) is 20.4. The summed E-state index contributed by atoms with van der Waals surface area (Å²) in [4.78, 5) is 0. The summed E-state index contributed by atoms with van der Waals surface area (Å²) >= 11 is 0. The quantitative estimate of drug-likeness (QED) is 0.685. The number of allylic oxidation sites excluding steroid dienone is 1. The van der Waals surface area contributed by atoms with Crippen LogP contribution in [0.5, 0.6) is 0 Å². The van der Waals surface area contributed by atoms with Gasteiger partial charge >= 0.3 is 0 Å². The summed E-state index contributed by atoms with van der Waals surface area (Å²) in [6.07, 6.45) is 6.10. The highest BCUT2D eigenvalue weighted by molar-refractivity contribution is 5.66. The van der Waals surface area contributed by atoms with Gasteiger partial charge in [0.15, 0.2) is 0 Å². The van der Waals surface area contributed by atoms with Crippen molar-refractivity contribution in [1.82, 2.24) is 0 Å². The molecule has 0 bridgehead atoms. The topological polar surface area (TPSA) is 0 Å². The maximum Gasteiger partial charge on any atom is 0.00607 e. The second kappa shape index (κ2) is 3.84. The first-order chi connectivity index (χ1) is 8.92. The summed E-state index contributed by atoms with van der Waals surface area (Å²) < 4.78 is 0. The minimum atomic E-state index is 0.661. The van der Waals surface area contributed by atoms with Crippen LogP contribution in [0.3, 0.4) is 0 Å². The van der Waals surface area contributed by atoms with Gasteiger partial charge in [-0.15, -0.1) is 0 Å². The molecule has 4 rings (SSSR count). The van der Waals surface area contributed by atoms with Gasteiger partial charge in [0.25, 0.3) is 0 Å². The van der Waals surface area contributed by atoms with E-state index in [1.807, 2.05) is 0 Å². The van der Waals surface area contributed by atoms with Gasteiger partial charge in [-0.05, 0) is 41.5 Å². The standard InChI is InChI=1S/C18H16/c1-2-7-15-12-16(11-14(15)6-1)18-10-9-13-5-3-4-8-17(13)18/h1-8,11,18H,9-10,12H2. The van der Waals surface area contributed by atoms with Crippen molar-refractivity contribution >= 4 is 6.08 Å². The van der Waals surface area contributed by atoms with Crippen molar-refractivity contribution in [2.24, 2.45) is 0 Å². The first kappa shape index (κ1) is 10.1. The lowest BCUT2D eigenvalue weighted by molar-refractivity contribution is 0.760. The highest BCUT2D eigenvalue weighted by Crippen LogP contribution is 2.42. The van der Waals surface area contributed by atoms with E-state index in [-0.39, 0.29) is 0 Å². The van der Waals surface area contributed by atoms with Crippen LogP contribution in [0.25, 0.3) is 6.08 Å². The van der Waals surface area contributed by atoms with Crippen LogP contribution in [0, 0.1) is 0 Å². The number of fused-ring (bicyclic) bond motifs is 2. The molecule has 1 unspecified atom stereocenters. The summed E-state index contributed by atoms with van der Waals surface area (Å²) in [6, 6.07) is 17.7. The Bertz CT molecular complexity index is 634. The van der Waals surface area contributed by atoms with Crippen LogP contribution >= 0.6 is 0 Å². The third kappa shape index (κ3) is 1.45. The molecule has 0 fully saturated rings. The van der Waals surface area contributed by atoms with Gasteiger partial charge < -0.3 is 0 Å². The fraction of sp³-hybridized carbons (Fsp3) is 0.222. The van der Waals surface area contributed by atoms with E-state index in [0.717, 1.165) is 6.42 Å². The zero-order chi connectivity index (χ0) is 11.9. The molecule has 0 N–H and O–H groups in total. The van der Waals surface area contributed by atoms with Crippen molar-refractivity contribution in [3.8, 4) is 0 Å². The molecule has 2 aliphatic carbocycles. The number of hydrogen-bond donors (Lipinski definition) is 0. The second-order valence-corrected chi connectivity index (χ2v) is 5.38. The van der Waals surface area contributed by atoms with E-state index < -0.39 is 0 Å². The third-order valence-corrected chi connectivity index (χ3v) is 4.37. The fourth-order valence-electron chi connectivity index (χ4n) is 3.47. The van der Waals surface area contributed by atoms with Gasteiger partial charge in [0.1, 0.15) is 0 Å². The molecule has 18 heavy (non-hydrogen) atoms. The molecule has 0 spiro atoms. The average molecular weight is 232 g/mol. The predicted molar refractivity (Wildman–Crippen MR) is 75.6 cm³/mol. The van der Waals surface area contributed by atoms with Crippen molar-refractivity contribution in [3.05, 3.63) is 76.4 Å². The Hall–Kier alpha value is -1.82. The molecule has 0 amide bonds. The smallest absolute Gasteiger partial charge is 0.00607 e. The minimum absolute atomic E-state index is 0.661. The largest absolute Gasteiger partial charge is 0.0620 e. The molecular formula is C18H16. The molecule has 0 saturated heterocycles. The predicted octanol–water partition coefficient (Wildman–Crippen LogP) is 4.36. The molecule has 2 aromatic rings. The van der Waals surface area contributed by atoms with Crippen LogP contribution in [-0.2, 0) is 12.8 Å². The maximum absolute atomic E-state index is 2.42. The second-order valence-electron chi connectivity index (χ2n) is 5.38. The molecule has 2 aliphatic rings. The lowest BCUT2D eigenvalue weighted by Gasteiger charge is -2.13. The molecule has 0 saturated carbocycles. The Morgan fingerprint density at radius 1 is 0.833 bits per heavy atom. The molecule has 0 aliphatic heterocycles. The Morgan fingerprint density at radius 3 is 2.50 bits per heavy atom. The lowest BCUT2D eigenvalue weighted by atomic mass is 9.91. The summed E-state index contributed by atoms with van der Waals surface area (Å²) in [5.74, 6) is 0.661. The fourth-order valence-corrected chi connectivity index (χ4v) is 3.47.